The Morgan fingerprint density at radius 1 is 0.519 bits per heavy atom. The lowest BCUT2D eigenvalue weighted by Crippen LogP contribution is -2.29. The van der Waals surface area contributed by atoms with E-state index in [1.54, 1.807) is 42.5 Å². The van der Waals surface area contributed by atoms with E-state index in [9.17, 15) is 19.2 Å². The van der Waals surface area contributed by atoms with Gasteiger partial charge >= 0.3 is 11.9 Å². The van der Waals surface area contributed by atoms with E-state index in [4.69, 9.17) is 15.2 Å². The number of imide groups is 1. The third-order valence-corrected chi connectivity index (χ3v) is 8.08. The fourth-order valence-corrected chi connectivity index (χ4v) is 5.67. The molecule has 5 aromatic rings. The Bertz CT molecular complexity index is 2050. The monoisotopic (exact) mass is 696 g/mol. The Hall–Kier alpha value is -5.86. The summed E-state index contributed by atoms with van der Waals surface area (Å²) < 4.78 is 11.0. The minimum Gasteiger partial charge on any atom is -0.456 e. The summed E-state index contributed by atoms with van der Waals surface area (Å²) in [5, 5.41) is 0. The zero-order chi connectivity index (χ0) is 37.6. The summed E-state index contributed by atoms with van der Waals surface area (Å²) in [6.07, 6.45) is 0. The predicted molar refractivity (Wildman–Crippen MR) is 203 cm³/mol. The highest BCUT2D eigenvalue weighted by molar-refractivity contribution is 6.21. The maximum absolute atomic E-state index is 12.6. The zero-order valence-corrected chi connectivity index (χ0v) is 30.4. The summed E-state index contributed by atoms with van der Waals surface area (Å²) in [5.41, 5.74) is 11.8. The Labute approximate surface area is 305 Å². The van der Waals surface area contributed by atoms with E-state index in [2.05, 4.69) is 0 Å². The van der Waals surface area contributed by atoms with E-state index < -0.39 is 11.2 Å². The number of carbonyl (C=O) groups excluding carboxylic acids is 4. The lowest BCUT2D eigenvalue weighted by molar-refractivity contribution is 0.00578. The van der Waals surface area contributed by atoms with Crippen LogP contribution in [0.5, 0.6) is 0 Å². The number of rotatable bonds is 7. The van der Waals surface area contributed by atoms with Crippen molar-refractivity contribution in [2.75, 3.05) is 0 Å². The summed E-state index contributed by atoms with van der Waals surface area (Å²) >= 11 is 0. The molecule has 5 aromatic carbocycles. The van der Waals surface area contributed by atoms with Gasteiger partial charge in [0, 0.05) is 6.54 Å². The summed E-state index contributed by atoms with van der Waals surface area (Å²) in [7, 11) is 0. The smallest absolute Gasteiger partial charge is 0.339 e. The quantitative estimate of drug-likeness (QED) is 0.133. The van der Waals surface area contributed by atoms with Gasteiger partial charge in [-0.1, -0.05) is 97.1 Å². The largest absolute Gasteiger partial charge is 0.456 e. The highest BCUT2D eigenvalue weighted by atomic mass is 16.6. The van der Waals surface area contributed by atoms with Crippen molar-refractivity contribution in [1.82, 2.24) is 4.90 Å². The van der Waals surface area contributed by atoms with E-state index in [0.717, 1.165) is 33.4 Å². The van der Waals surface area contributed by atoms with Gasteiger partial charge in [-0.2, -0.15) is 0 Å². The molecule has 0 aliphatic carbocycles. The second kappa shape index (κ2) is 15.6. The van der Waals surface area contributed by atoms with Crippen LogP contribution in [0.15, 0.2) is 121 Å². The Kier molecular flexibility index (Phi) is 11.2. The molecule has 52 heavy (non-hydrogen) atoms. The Morgan fingerprint density at radius 2 is 0.865 bits per heavy atom. The molecule has 0 aromatic heterocycles. The number of hydrogen-bond acceptors (Lipinski definition) is 7. The van der Waals surface area contributed by atoms with Gasteiger partial charge in [0.15, 0.2) is 0 Å². The normalized spacial score (nSPS) is 12.5. The molecule has 2 amide bonds. The first kappa shape index (κ1) is 37.4. The average molecular weight is 697 g/mol. The molecular weight excluding hydrogens is 652 g/mol. The van der Waals surface area contributed by atoms with Crippen LogP contribution < -0.4 is 5.73 Å². The Morgan fingerprint density at radius 3 is 1.23 bits per heavy atom. The highest BCUT2D eigenvalue weighted by Crippen LogP contribution is 2.29. The molecule has 1 aliphatic rings. The number of benzene rings is 5. The van der Waals surface area contributed by atoms with Crippen LogP contribution >= 0.6 is 0 Å². The minimum atomic E-state index is -0.583. The summed E-state index contributed by atoms with van der Waals surface area (Å²) in [5.74, 6) is -1.24. The van der Waals surface area contributed by atoms with Crippen molar-refractivity contribution in [3.05, 3.63) is 155 Å². The SMILES string of the molecule is CC(C)(C)OC(=O)c1ccccc1-c1ccc(CN)cc1.CC(C)(C)OC(=O)c1ccccc1-c1ccc(CN2C(=O)c3ccccc3C2=O)cc1. The van der Waals surface area contributed by atoms with E-state index >= 15 is 0 Å². The third-order valence-electron chi connectivity index (χ3n) is 8.08. The highest BCUT2D eigenvalue weighted by Gasteiger charge is 2.35. The van der Waals surface area contributed by atoms with Crippen molar-refractivity contribution in [2.45, 2.75) is 65.8 Å². The fourth-order valence-electron chi connectivity index (χ4n) is 5.67. The number of amides is 2. The molecule has 0 spiro atoms. The van der Waals surface area contributed by atoms with Gasteiger partial charge < -0.3 is 15.2 Å². The molecule has 8 nitrogen and oxygen atoms in total. The number of nitrogens with two attached hydrogens (primary N) is 1. The van der Waals surface area contributed by atoms with E-state index in [0.29, 0.717) is 28.8 Å². The van der Waals surface area contributed by atoms with Crippen LogP contribution in [0.3, 0.4) is 0 Å². The molecule has 0 saturated carbocycles. The lowest BCUT2D eigenvalue weighted by atomic mass is 9.98. The first-order valence-corrected chi connectivity index (χ1v) is 17.1. The van der Waals surface area contributed by atoms with Gasteiger partial charge in [-0.25, -0.2) is 9.59 Å². The van der Waals surface area contributed by atoms with Crippen molar-refractivity contribution >= 4 is 23.8 Å². The maximum Gasteiger partial charge on any atom is 0.339 e. The number of ether oxygens (including phenoxy) is 2. The van der Waals surface area contributed by atoms with Crippen LogP contribution in [0.25, 0.3) is 22.3 Å². The first-order valence-electron chi connectivity index (χ1n) is 17.1. The fraction of sp³-hybridized carbons (Fsp3) is 0.227. The van der Waals surface area contributed by atoms with Crippen molar-refractivity contribution in [1.29, 1.82) is 0 Å². The minimum absolute atomic E-state index is 0.195. The molecule has 0 radical (unpaired) electrons. The second-order valence-corrected chi connectivity index (χ2v) is 14.4. The molecule has 1 aliphatic heterocycles. The molecule has 1 heterocycles. The molecule has 0 atom stereocenters. The van der Waals surface area contributed by atoms with Crippen molar-refractivity contribution < 1.29 is 28.7 Å². The maximum atomic E-state index is 12.6. The standard InChI is InChI=1S/C26H23NO4.C18H21NO2/c1-26(2,3)31-25(30)22-11-7-4-8-19(22)18-14-12-17(13-15-18)16-27-23(28)20-9-5-6-10-21(20)24(27)29;1-18(2,3)21-17(20)16-7-5-4-6-15(16)14-10-8-13(12-19)9-11-14/h4-15H,16H2,1-3H3;4-11H,12,19H2,1-3H3. The zero-order valence-electron chi connectivity index (χ0n) is 30.4. The van der Waals surface area contributed by atoms with E-state index in [-0.39, 0.29) is 30.3 Å². The molecular formula is C44H44N2O6. The molecule has 0 unspecified atom stereocenters. The van der Waals surface area contributed by atoms with Crippen LogP contribution in [0, 0.1) is 0 Å². The summed E-state index contributed by atoms with van der Waals surface area (Å²) in [4.78, 5) is 51.4. The topological polar surface area (TPSA) is 116 Å². The molecule has 6 rings (SSSR count). The molecule has 2 N–H and O–H groups in total. The van der Waals surface area contributed by atoms with Crippen molar-refractivity contribution in [2.24, 2.45) is 5.73 Å². The molecule has 0 bridgehead atoms. The van der Waals surface area contributed by atoms with E-state index in [1.165, 1.54) is 4.90 Å². The van der Waals surface area contributed by atoms with Crippen LogP contribution in [-0.2, 0) is 22.6 Å². The van der Waals surface area contributed by atoms with Gasteiger partial charge in [0.2, 0.25) is 0 Å². The van der Waals surface area contributed by atoms with Gasteiger partial charge in [-0.3, -0.25) is 14.5 Å². The molecule has 266 valence electrons. The van der Waals surface area contributed by atoms with Crippen LogP contribution in [0.1, 0.15) is 94.1 Å². The van der Waals surface area contributed by atoms with Gasteiger partial charge in [-0.05, 0) is 99.2 Å². The number of esters is 2. The van der Waals surface area contributed by atoms with Crippen molar-refractivity contribution in [3.63, 3.8) is 0 Å². The van der Waals surface area contributed by atoms with Crippen molar-refractivity contribution in [3.8, 4) is 22.3 Å². The Balaban J connectivity index is 0.000000217. The third kappa shape index (κ3) is 9.08. The summed E-state index contributed by atoms with van der Waals surface area (Å²) in [6, 6.07) is 37.0. The number of carbonyl (C=O) groups is 4. The van der Waals surface area contributed by atoms with Gasteiger partial charge in [0.25, 0.3) is 11.8 Å². The average Bonchev–Trinajstić information content (AvgIpc) is 3.35. The van der Waals surface area contributed by atoms with Gasteiger partial charge in [0.05, 0.1) is 28.8 Å². The number of hydrogen-bond donors (Lipinski definition) is 1. The first-order chi connectivity index (χ1) is 24.6. The molecule has 8 heteroatoms. The van der Waals surface area contributed by atoms with Crippen LogP contribution in [0.2, 0.25) is 0 Å². The van der Waals surface area contributed by atoms with Crippen LogP contribution in [0.4, 0.5) is 0 Å². The second-order valence-electron chi connectivity index (χ2n) is 14.4. The lowest BCUT2D eigenvalue weighted by Gasteiger charge is -2.20. The number of fused-ring (bicyclic) bond motifs is 1. The van der Waals surface area contributed by atoms with Crippen LogP contribution in [-0.4, -0.2) is 39.9 Å². The molecule has 0 fully saturated rings. The van der Waals surface area contributed by atoms with Gasteiger partial charge in [-0.15, -0.1) is 0 Å². The number of nitrogens with zero attached hydrogens (tertiary/aromatic N) is 1. The summed E-state index contributed by atoms with van der Waals surface area (Å²) in [6.45, 7) is 11.8. The molecule has 0 saturated heterocycles. The van der Waals surface area contributed by atoms with E-state index in [1.807, 2.05) is 120 Å². The van der Waals surface area contributed by atoms with Gasteiger partial charge in [0.1, 0.15) is 11.2 Å². The predicted octanol–water partition coefficient (Wildman–Crippen LogP) is 8.87.